The number of alkyl halides is 2. The zero-order chi connectivity index (χ0) is 15.0. The fraction of sp³-hybridized carbons (Fsp3) is 0.533. The standard InChI is InChI=1S/C15H21BrFNO2/c1-2-3-5-10-13(19)15(16,17)14(20)18-11-12-8-6-4-7-9-12/h4,6-9,13,19H,2-3,5,10-11H2,1H3,(H,18,20)/t13-,15-/m1/s1. The molecule has 0 aliphatic heterocycles. The highest BCUT2D eigenvalue weighted by atomic mass is 79.9. The van der Waals surface area contributed by atoms with Crippen molar-refractivity contribution in [2.24, 2.45) is 0 Å². The van der Waals surface area contributed by atoms with E-state index < -0.39 is 16.6 Å². The molecule has 3 nitrogen and oxygen atoms in total. The van der Waals surface area contributed by atoms with Crippen LogP contribution in [-0.4, -0.2) is 21.7 Å². The lowest BCUT2D eigenvalue weighted by Gasteiger charge is -2.23. The lowest BCUT2D eigenvalue weighted by molar-refractivity contribution is -0.132. The van der Waals surface area contributed by atoms with Gasteiger partial charge in [0.05, 0.1) is 0 Å². The number of carbonyl (C=O) groups excluding carboxylic acids is 1. The molecule has 0 aliphatic rings. The molecule has 112 valence electrons. The van der Waals surface area contributed by atoms with Crippen LogP contribution in [0.25, 0.3) is 0 Å². The third-order valence-electron chi connectivity index (χ3n) is 3.10. The fourth-order valence-corrected chi connectivity index (χ4v) is 2.19. The van der Waals surface area contributed by atoms with Crippen LogP contribution in [0.2, 0.25) is 0 Å². The smallest absolute Gasteiger partial charge is 0.271 e. The Hall–Kier alpha value is -0.940. The molecule has 0 saturated heterocycles. The number of carbonyl (C=O) groups is 1. The van der Waals surface area contributed by atoms with Gasteiger partial charge in [-0.1, -0.05) is 56.5 Å². The Morgan fingerprint density at radius 1 is 1.40 bits per heavy atom. The monoisotopic (exact) mass is 345 g/mol. The van der Waals surface area contributed by atoms with E-state index in [0.717, 1.165) is 18.4 Å². The van der Waals surface area contributed by atoms with Crippen molar-refractivity contribution in [3.63, 3.8) is 0 Å². The van der Waals surface area contributed by atoms with Gasteiger partial charge in [-0.05, 0) is 27.9 Å². The third-order valence-corrected chi connectivity index (χ3v) is 3.99. The zero-order valence-electron chi connectivity index (χ0n) is 11.6. The molecule has 1 aromatic rings. The van der Waals surface area contributed by atoms with Crippen molar-refractivity contribution >= 4 is 21.8 Å². The summed E-state index contributed by atoms with van der Waals surface area (Å²) in [6.07, 6.45) is 1.50. The summed E-state index contributed by atoms with van der Waals surface area (Å²) in [6, 6.07) is 9.24. The molecule has 0 spiro atoms. The number of benzene rings is 1. The van der Waals surface area contributed by atoms with Crippen LogP contribution < -0.4 is 5.32 Å². The molecular weight excluding hydrogens is 325 g/mol. The van der Waals surface area contributed by atoms with Gasteiger partial charge in [-0.15, -0.1) is 0 Å². The summed E-state index contributed by atoms with van der Waals surface area (Å²) < 4.78 is 11.8. The first-order valence-electron chi connectivity index (χ1n) is 6.86. The first kappa shape index (κ1) is 17.1. The minimum Gasteiger partial charge on any atom is -0.388 e. The average Bonchev–Trinajstić information content (AvgIpc) is 2.45. The van der Waals surface area contributed by atoms with Crippen LogP contribution in [-0.2, 0) is 11.3 Å². The topological polar surface area (TPSA) is 49.3 Å². The molecule has 0 bridgehead atoms. The minimum atomic E-state index is -2.43. The van der Waals surface area contributed by atoms with Crippen LogP contribution in [0, 0.1) is 0 Å². The molecule has 0 saturated carbocycles. The SMILES string of the molecule is CCCCC[C@@H](O)[C@](F)(Br)C(=O)NCc1ccccc1. The van der Waals surface area contributed by atoms with E-state index in [9.17, 15) is 14.3 Å². The second-order valence-electron chi connectivity index (χ2n) is 4.80. The molecule has 0 aromatic heterocycles. The van der Waals surface area contributed by atoms with Crippen molar-refractivity contribution in [3.05, 3.63) is 35.9 Å². The Kier molecular flexibility index (Phi) is 7.16. The van der Waals surface area contributed by atoms with Crippen molar-refractivity contribution in [3.8, 4) is 0 Å². The van der Waals surface area contributed by atoms with Crippen LogP contribution in [0.3, 0.4) is 0 Å². The number of aliphatic hydroxyl groups excluding tert-OH is 1. The van der Waals surface area contributed by atoms with Crippen LogP contribution in [0.4, 0.5) is 4.39 Å². The Labute approximate surface area is 127 Å². The molecule has 0 aliphatic carbocycles. The zero-order valence-corrected chi connectivity index (χ0v) is 13.2. The molecule has 1 aromatic carbocycles. The van der Waals surface area contributed by atoms with Crippen molar-refractivity contribution < 1.29 is 14.3 Å². The molecule has 0 heterocycles. The summed E-state index contributed by atoms with van der Waals surface area (Å²) in [5, 5.41) is 12.3. The maximum absolute atomic E-state index is 14.3. The van der Waals surface area contributed by atoms with Crippen molar-refractivity contribution in [2.45, 2.75) is 49.8 Å². The van der Waals surface area contributed by atoms with Crippen molar-refractivity contribution in [1.29, 1.82) is 0 Å². The Morgan fingerprint density at radius 2 is 2.05 bits per heavy atom. The summed E-state index contributed by atoms with van der Waals surface area (Å²) in [6.45, 7) is 2.26. The van der Waals surface area contributed by atoms with E-state index in [1.807, 2.05) is 37.3 Å². The quantitative estimate of drug-likeness (QED) is 0.561. The van der Waals surface area contributed by atoms with Crippen molar-refractivity contribution in [1.82, 2.24) is 5.32 Å². The molecule has 5 heteroatoms. The van der Waals surface area contributed by atoms with E-state index in [4.69, 9.17) is 0 Å². The lowest BCUT2D eigenvalue weighted by atomic mass is 10.1. The fourth-order valence-electron chi connectivity index (χ4n) is 1.82. The van der Waals surface area contributed by atoms with Gasteiger partial charge in [0.15, 0.2) is 0 Å². The van der Waals surface area contributed by atoms with Gasteiger partial charge in [0, 0.05) is 6.54 Å². The van der Waals surface area contributed by atoms with Crippen LogP contribution in [0.15, 0.2) is 30.3 Å². The highest BCUT2D eigenvalue weighted by Crippen LogP contribution is 2.28. The summed E-state index contributed by atoms with van der Waals surface area (Å²) >= 11 is 2.71. The maximum Gasteiger partial charge on any atom is 0.271 e. The highest BCUT2D eigenvalue weighted by molar-refractivity contribution is 9.10. The van der Waals surface area contributed by atoms with E-state index in [2.05, 4.69) is 21.2 Å². The molecule has 1 rings (SSSR count). The largest absolute Gasteiger partial charge is 0.388 e. The van der Waals surface area contributed by atoms with Gasteiger partial charge in [0.1, 0.15) is 6.10 Å². The normalized spacial score (nSPS) is 15.4. The van der Waals surface area contributed by atoms with Crippen LogP contribution >= 0.6 is 15.9 Å². The van der Waals surface area contributed by atoms with Crippen LogP contribution in [0.1, 0.15) is 38.2 Å². The summed E-state index contributed by atoms with van der Waals surface area (Å²) in [7, 11) is 0. The number of halogens is 2. The van der Waals surface area contributed by atoms with Gasteiger partial charge < -0.3 is 10.4 Å². The van der Waals surface area contributed by atoms with Gasteiger partial charge in [-0.3, -0.25) is 4.79 Å². The Bertz CT molecular complexity index is 412. The second-order valence-corrected chi connectivity index (χ2v) is 5.96. The van der Waals surface area contributed by atoms with Gasteiger partial charge in [-0.2, -0.15) is 0 Å². The van der Waals surface area contributed by atoms with Gasteiger partial charge in [-0.25, -0.2) is 4.39 Å². The van der Waals surface area contributed by atoms with Crippen molar-refractivity contribution in [2.75, 3.05) is 0 Å². The average molecular weight is 346 g/mol. The number of hydrogen-bond donors (Lipinski definition) is 2. The van der Waals surface area contributed by atoms with E-state index in [1.54, 1.807) is 0 Å². The number of aliphatic hydroxyl groups is 1. The van der Waals surface area contributed by atoms with E-state index in [1.165, 1.54) is 0 Å². The minimum absolute atomic E-state index is 0.235. The Balaban J connectivity index is 2.47. The molecule has 0 radical (unpaired) electrons. The molecule has 2 atom stereocenters. The van der Waals surface area contributed by atoms with E-state index in [0.29, 0.717) is 6.42 Å². The van der Waals surface area contributed by atoms with Crippen LogP contribution in [0.5, 0.6) is 0 Å². The van der Waals surface area contributed by atoms with E-state index in [-0.39, 0.29) is 13.0 Å². The van der Waals surface area contributed by atoms with Gasteiger partial charge in [0.25, 0.3) is 10.5 Å². The first-order valence-corrected chi connectivity index (χ1v) is 7.66. The number of hydrogen-bond acceptors (Lipinski definition) is 2. The predicted octanol–water partition coefficient (Wildman–Crippen LogP) is 3.30. The molecule has 20 heavy (non-hydrogen) atoms. The first-order chi connectivity index (χ1) is 9.48. The summed E-state index contributed by atoms with van der Waals surface area (Å²) in [5.74, 6) is -0.842. The maximum atomic E-state index is 14.3. The lowest BCUT2D eigenvalue weighted by Crippen LogP contribution is -2.46. The molecule has 2 N–H and O–H groups in total. The molecular formula is C15H21BrFNO2. The highest BCUT2D eigenvalue weighted by Gasteiger charge is 2.42. The molecule has 1 amide bonds. The predicted molar refractivity (Wildman–Crippen MR) is 81.2 cm³/mol. The number of unbranched alkanes of at least 4 members (excludes halogenated alkanes) is 2. The van der Waals surface area contributed by atoms with Gasteiger partial charge >= 0.3 is 0 Å². The summed E-state index contributed by atoms with van der Waals surface area (Å²) in [4.78, 5) is 11.8. The number of rotatable bonds is 8. The van der Waals surface area contributed by atoms with Gasteiger partial charge in [0.2, 0.25) is 0 Å². The number of nitrogens with one attached hydrogen (secondary N) is 1. The molecule has 0 fully saturated rings. The third kappa shape index (κ3) is 5.21. The second kappa shape index (κ2) is 8.37. The summed E-state index contributed by atoms with van der Waals surface area (Å²) in [5.41, 5.74) is 0.879. The molecule has 0 unspecified atom stereocenters. The number of amides is 1. The Morgan fingerprint density at radius 3 is 2.65 bits per heavy atom. The van der Waals surface area contributed by atoms with E-state index >= 15 is 0 Å².